The molecule has 7 nitrogen and oxygen atoms in total. The van der Waals surface area contributed by atoms with Gasteiger partial charge >= 0.3 is 6.18 Å². The lowest BCUT2D eigenvalue weighted by Gasteiger charge is -2.17. The minimum Gasteiger partial charge on any atom is -0.350 e. The van der Waals surface area contributed by atoms with Crippen molar-refractivity contribution in [2.45, 2.75) is 33.5 Å². The molecule has 0 fully saturated rings. The maximum absolute atomic E-state index is 13.4. The van der Waals surface area contributed by atoms with Crippen LogP contribution in [-0.4, -0.2) is 31.8 Å². The number of carbonyl (C=O) groups excluding carboxylic acids is 1. The Balaban J connectivity index is 1.84. The van der Waals surface area contributed by atoms with Gasteiger partial charge < -0.3 is 9.88 Å². The molecule has 0 spiro atoms. The van der Waals surface area contributed by atoms with E-state index >= 15 is 0 Å². The number of imidazole rings is 1. The van der Waals surface area contributed by atoms with Crippen molar-refractivity contribution in [2.75, 3.05) is 6.54 Å². The van der Waals surface area contributed by atoms with Gasteiger partial charge in [0.1, 0.15) is 5.82 Å². The molecule has 3 rings (SSSR count). The molecule has 0 radical (unpaired) electrons. The van der Waals surface area contributed by atoms with E-state index in [1.165, 1.54) is 25.1 Å². The van der Waals surface area contributed by atoms with E-state index in [4.69, 9.17) is 0 Å². The van der Waals surface area contributed by atoms with Crippen molar-refractivity contribution in [2.24, 2.45) is 5.92 Å². The summed E-state index contributed by atoms with van der Waals surface area (Å²) >= 11 is 0. The maximum Gasteiger partial charge on any atom is 0.418 e. The van der Waals surface area contributed by atoms with E-state index in [0.29, 0.717) is 6.54 Å². The number of carbonyl (C=O) groups is 1. The summed E-state index contributed by atoms with van der Waals surface area (Å²) in [6.07, 6.45) is -1.11. The van der Waals surface area contributed by atoms with Crippen LogP contribution < -0.4 is 10.7 Å². The number of nitrogens with one attached hydrogen (secondary N) is 1. The highest BCUT2D eigenvalue weighted by Gasteiger charge is 2.34. The molecule has 1 amide bonds. The first kappa shape index (κ1) is 22.3. The van der Waals surface area contributed by atoms with Gasteiger partial charge in [-0.15, -0.1) is 0 Å². The van der Waals surface area contributed by atoms with Crippen molar-refractivity contribution in [3.8, 4) is 5.69 Å². The number of para-hydroxylation sites is 1. The van der Waals surface area contributed by atoms with E-state index in [1.807, 2.05) is 24.6 Å². The third kappa shape index (κ3) is 5.01. The Morgan fingerprint density at radius 1 is 1.23 bits per heavy atom. The van der Waals surface area contributed by atoms with Crippen LogP contribution >= 0.6 is 0 Å². The van der Waals surface area contributed by atoms with Crippen LogP contribution in [0.1, 0.15) is 34.5 Å². The molecule has 0 saturated carbocycles. The Labute approximate surface area is 176 Å². The molecule has 0 saturated heterocycles. The van der Waals surface area contributed by atoms with Crippen molar-refractivity contribution in [1.29, 1.82) is 0 Å². The fourth-order valence-electron chi connectivity index (χ4n) is 3.19. The average molecular weight is 433 g/mol. The summed E-state index contributed by atoms with van der Waals surface area (Å²) in [5.74, 6) is 0.123. The van der Waals surface area contributed by atoms with E-state index in [-0.39, 0.29) is 23.8 Å². The number of hydrogen-bond donors (Lipinski definition) is 1. The van der Waals surface area contributed by atoms with Gasteiger partial charge in [0.15, 0.2) is 5.69 Å². The molecule has 1 aromatic carbocycles. The highest BCUT2D eigenvalue weighted by molar-refractivity contribution is 5.92. The lowest BCUT2D eigenvalue weighted by Crippen LogP contribution is -2.35. The van der Waals surface area contributed by atoms with Gasteiger partial charge in [-0.25, -0.2) is 9.67 Å². The molecule has 0 aliphatic rings. The summed E-state index contributed by atoms with van der Waals surface area (Å²) in [5, 5.41) is 6.60. The molecule has 0 bridgehead atoms. The predicted octanol–water partition coefficient (Wildman–Crippen LogP) is 3.13. The van der Waals surface area contributed by atoms with Crippen molar-refractivity contribution >= 4 is 5.91 Å². The first-order valence-electron chi connectivity index (χ1n) is 9.61. The van der Waals surface area contributed by atoms with Crippen LogP contribution in [0.25, 0.3) is 5.69 Å². The quantitative estimate of drug-likeness (QED) is 0.648. The average Bonchev–Trinajstić information content (AvgIpc) is 3.10. The van der Waals surface area contributed by atoms with E-state index < -0.39 is 28.8 Å². The van der Waals surface area contributed by atoms with Crippen LogP contribution in [0, 0.1) is 19.8 Å². The molecule has 2 aromatic heterocycles. The second kappa shape index (κ2) is 8.75. The van der Waals surface area contributed by atoms with Gasteiger partial charge in [-0.05, 0) is 31.9 Å². The largest absolute Gasteiger partial charge is 0.418 e. The summed E-state index contributed by atoms with van der Waals surface area (Å²) < 4.78 is 43.1. The number of amides is 1. The molecule has 10 heteroatoms. The van der Waals surface area contributed by atoms with Crippen molar-refractivity contribution in [1.82, 2.24) is 24.6 Å². The standard InChI is InChI=1S/C21H22F3N5O2/c1-13(12-28-9-8-25-15(28)3)11-26-20(31)19-18(30)10-14(2)29(27-19)17-7-5-4-6-16(17)21(22,23)24/h4-10,13H,11-12H2,1-3H3,(H,26,31)/t13-/m1/s1. The third-order valence-electron chi connectivity index (χ3n) is 4.80. The predicted molar refractivity (Wildman–Crippen MR) is 108 cm³/mol. The second-order valence-corrected chi connectivity index (χ2v) is 7.37. The minimum absolute atomic E-state index is 0.0236. The van der Waals surface area contributed by atoms with E-state index in [2.05, 4.69) is 15.4 Å². The highest BCUT2D eigenvalue weighted by atomic mass is 19.4. The Morgan fingerprint density at radius 2 is 1.94 bits per heavy atom. The summed E-state index contributed by atoms with van der Waals surface area (Å²) in [6.45, 7) is 6.10. The number of alkyl halides is 3. The molecule has 2 heterocycles. The van der Waals surface area contributed by atoms with Crippen LogP contribution in [0.3, 0.4) is 0 Å². The van der Waals surface area contributed by atoms with Gasteiger partial charge in [0.2, 0.25) is 5.43 Å². The summed E-state index contributed by atoms with van der Waals surface area (Å²) in [6, 6.07) is 5.97. The Kier molecular flexibility index (Phi) is 6.28. The van der Waals surface area contributed by atoms with Crippen LogP contribution in [0.2, 0.25) is 0 Å². The van der Waals surface area contributed by atoms with Crippen molar-refractivity contribution in [3.05, 3.63) is 75.7 Å². The van der Waals surface area contributed by atoms with Crippen LogP contribution in [-0.2, 0) is 12.7 Å². The highest BCUT2D eigenvalue weighted by Crippen LogP contribution is 2.33. The number of benzene rings is 1. The van der Waals surface area contributed by atoms with Crippen LogP contribution in [0.5, 0.6) is 0 Å². The number of rotatable bonds is 6. The van der Waals surface area contributed by atoms with Crippen molar-refractivity contribution < 1.29 is 18.0 Å². The summed E-state index contributed by atoms with van der Waals surface area (Å²) in [4.78, 5) is 29.0. The van der Waals surface area contributed by atoms with Gasteiger partial charge in [0.25, 0.3) is 5.91 Å². The van der Waals surface area contributed by atoms with Gasteiger partial charge in [0.05, 0.1) is 11.3 Å². The number of aromatic nitrogens is 4. The SMILES string of the molecule is Cc1nccn1C[C@H](C)CNC(=O)c1nn(-c2ccccc2C(F)(F)F)c(C)cc1=O. The zero-order valence-electron chi connectivity index (χ0n) is 17.3. The molecule has 31 heavy (non-hydrogen) atoms. The topological polar surface area (TPSA) is 81.8 Å². The molecule has 1 N–H and O–H groups in total. The normalized spacial score (nSPS) is 12.6. The molecular formula is C21H22F3N5O2. The molecule has 1 atom stereocenters. The summed E-state index contributed by atoms with van der Waals surface area (Å²) in [5.41, 5.74) is -2.11. The van der Waals surface area contributed by atoms with E-state index in [1.54, 1.807) is 6.20 Å². The second-order valence-electron chi connectivity index (χ2n) is 7.37. The van der Waals surface area contributed by atoms with Crippen molar-refractivity contribution in [3.63, 3.8) is 0 Å². The van der Waals surface area contributed by atoms with Crippen LogP contribution in [0.15, 0.2) is 47.5 Å². The molecule has 164 valence electrons. The Bertz CT molecular complexity index is 1150. The molecule has 0 aliphatic heterocycles. The first-order chi connectivity index (χ1) is 14.6. The molecular weight excluding hydrogens is 411 g/mol. The van der Waals surface area contributed by atoms with Gasteiger partial charge in [-0.3, -0.25) is 9.59 Å². The molecule has 3 aromatic rings. The van der Waals surface area contributed by atoms with Gasteiger partial charge in [0, 0.05) is 37.2 Å². The number of aryl methyl sites for hydroxylation is 2. The van der Waals surface area contributed by atoms with Gasteiger partial charge in [-0.1, -0.05) is 19.1 Å². The summed E-state index contributed by atoms with van der Waals surface area (Å²) in [7, 11) is 0. The third-order valence-corrected chi connectivity index (χ3v) is 4.80. The lowest BCUT2D eigenvalue weighted by molar-refractivity contribution is -0.137. The molecule has 0 aliphatic carbocycles. The maximum atomic E-state index is 13.4. The fraction of sp³-hybridized carbons (Fsp3) is 0.333. The molecule has 0 unspecified atom stereocenters. The Morgan fingerprint density at radius 3 is 2.58 bits per heavy atom. The van der Waals surface area contributed by atoms with Gasteiger partial charge in [-0.2, -0.15) is 18.3 Å². The van der Waals surface area contributed by atoms with E-state index in [9.17, 15) is 22.8 Å². The number of hydrogen-bond acceptors (Lipinski definition) is 4. The monoisotopic (exact) mass is 433 g/mol. The smallest absolute Gasteiger partial charge is 0.350 e. The number of nitrogens with zero attached hydrogens (tertiary/aromatic N) is 4. The Hall–Kier alpha value is -3.43. The van der Waals surface area contributed by atoms with E-state index in [0.717, 1.165) is 22.6 Å². The lowest BCUT2D eigenvalue weighted by atomic mass is 10.1. The fourth-order valence-corrected chi connectivity index (χ4v) is 3.19. The first-order valence-corrected chi connectivity index (χ1v) is 9.61. The number of halogens is 3. The minimum atomic E-state index is -4.61. The zero-order valence-corrected chi connectivity index (χ0v) is 17.3. The zero-order chi connectivity index (χ0) is 22.8. The van der Waals surface area contributed by atoms with Crippen LogP contribution in [0.4, 0.5) is 13.2 Å².